The summed E-state index contributed by atoms with van der Waals surface area (Å²) >= 11 is 18.5. The van der Waals surface area contributed by atoms with Crippen molar-refractivity contribution in [2.75, 3.05) is 110 Å². The molecular formula is C89H98Cl3F6N17O12P4S3. The molecule has 8 N–H and O–H groups in total. The van der Waals surface area contributed by atoms with Crippen LogP contribution in [-0.2, 0) is 66.5 Å². The lowest BCUT2D eigenvalue weighted by atomic mass is 10.1. The number of hydrogen-bond acceptors (Lipinski definition) is 29. The number of nitrogens with zero attached hydrogens (tertiary/aromatic N) is 9. The minimum atomic E-state index is -4.81. The van der Waals surface area contributed by atoms with Crippen LogP contribution >= 0.6 is 63.4 Å². The van der Waals surface area contributed by atoms with Crippen molar-refractivity contribution in [2.45, 2.75) is 105 Å². The maximum atomic E-state index is 13.7. The predicted octanol–water partition coefficient (Wildman–Crippen LogP) is 22.2. The van der Waals surface area contributed by atoms with Crippen LogP contribution in [-0.4, -0.2) is 148 Å². The first-order valence-corrected chi connectivity index (χ1v) is 56.7. The zero-order valence-corrected chi connectivity index (χ0v) is 84.0. The summed E-state index contributed by atoms with van der Waals surface area (Å²) in [4.78, 5) is 33.1. The highest BCUT2D eigenvalue weighted by molar-refractivity contribution is 7.92. The summed E-state index contributed by atoms with van der Waals surface area (Å²) in [6.45, 7) is 26.8. The second-order valence-electron chi connectivity index (χ2n) is 32.1. The van der Waals surface area contributed by atoms with Crippen molar-refractivity contribution in [1.82, 2.24) is 39.9 Å². The van der Waals surface area contributed by atoms with Crippen molar-refractivity contribution < 1.29 is 79.3 Å². The fraction of sp³-hybridized carbons (Fsp3) is 0.270. The quantitative estimate of drug-likeness (QED) is 0.0159. The molecule has 0 bridgehead atoms. The van der Waals surface area contributed by atoms with E-state index in [2.05, 4.69) is 82.4 Å². The summed E-state index contributed by atoms with van der Waals surface area (Å²) < 4.78 is 219. The Hall–Kier alpha value is -11.2. The molecule has 0 radical (unpaired) electrons. The average molecular weight is 2040 g/mol. The lowest BCUT2D eigenvalue weighted by molar-refractivity contribution is -0.138. The predicted molar refractivity (Wildman–Crippen MR) is 526 cm³/mol. The van der Waals surface area contributed by atoms with Crippen LogP contribution in [0, 0.1) is 18.3 Å². The number of rotatable bonds is 29. The molecule has 0 aliphatic carbocycles. The molecule has 0 aliphatic heterocycles. The van der Waals surface area contributed by atoms with Gasteiger partial charge in [0.2, 0.25) is 23.8 Å². The minimum Gasteiger partial charge on any atom is -0.495 e. The Bertz CT molecular complexity index is 6990. The van der Waals surface area contributed by atoms with Crippen LogP contribution in [0.2, 0.25) is 15.1 Å². The standard InChI is InChI=1S/C23H28ClN4O3PS.C23H26F3N4O4PS.C22H26ClN4O3PS.C21H18ClF3N5O2P/c1-6-16-13-17(32(4,5)29)11-12-19(16)27-23-25-14-18(24)22(28-23)26-20-9-7-8-10-21(20)33(30,31)15(2)3;1-14(2)36(32,33)20-9-7-6-8-18(20)28-21-16(23(24,25)26)13-27-22(30-21)29-17-11-10-15(35(4,5)31)12-19(17)34-3;1-14(2)32(29,30)20-9-7-6-8-19(20)25-21-17(23)13-24-22(27-21)26-18-11-10-16(12-15(18)3)31(4,5)28;1-32-18-9-14(33(2,3)31)5-7-17(18)29-20-27-11-15(21(23,24)25)19(30-20)28-16-6-4-13(22)8-12(16)10-26/h7-15H,6H2,1-5H3,(H2,25,26,27,28);6-14H,1-5H3,(H2,27,28,29,30);6-14H,1-5H3,(H2,24,25,26,27);4-9,11H,1-3H3,(H2,27,28,29,30). The molecule has 712 valence electrons. The van der Waals surface area contributed by atoms with Crippen LogP contribution in [0.3, 0.4) is 0 Å². The first kappa shape index (κ1) is 106. The highest BCUT2D eigenvalue weighted by atomic mass is 35.5. The molecule has 0 saturated carbocycles. The maximum Gasteiger partial charge on any atom is 0.421 e. The molecular weight excluding hydrogens is 1940 g/mol. The summed E-state index contributed by atoms with van der Waals surface area (Å²) in [5, 5.41) is 34.0. The van der Waals surface area contributed by atoms with Crippen LogP contribution < -0.4 is 73.2 Å². The van der Waals surface area contributed by atoms with Crippen LogP contribution in [0.15, 0.2) is 203 Å². The van der Waals surface area contributed by atoms with E-state index in [1.165, 1.54) is 82.9 Å². The van der Waals surface area contributed by atoms with Gasteiger partial charge in [-0.15, -0.1) is 0 Å². The Morgan fingerprint density at radius 3 is 1.02 bits per heavy atom. The molecule has 0 aliphatic rings. The number of nitrogens with one attached hydrogen (secondary N) is 8. The molecule has 0 atom stereocenters. The first-order chi connectivity index (χ1) is 62.4. The van der Waals surface area contributed by atoms with E-state index in [1.54, 1.807) is 166 Å². The van der Waals surface area contributed by atoms with Crippen LogP contribution in [0.1, 0.15) is 76.3 Å². The van der Waals surface area contributed by atoms with Crippen molar-refractivity contribution in [2.24, 2.45) is 0 Å². The molecule has 0 amide bonds. The van der Waals surface area contributed by atoms with Crippen molar-refractivity contribution >= 4 is 207 Å². The van der Waals surface area contributed by atoms with Crippen LogP contribution in [0.4, 0.5) is 119 Å². The molecule has 134 heavy (non-hydrogen) atoms. The second kappa shape index (κ2) is 43.6. The maximum absolute atomic E-state index is 13.7. The average Bonchev–Trinajstić information content (AvgIpc) is 0.798. The number of para-hydroxylation sites is 3. The minimum absolute atomic E-state index is 0.0459. The van der Waals surface area contributed by atoms with Gasteiger partial charge in [-0.2, -0.15) is 51.5 Å². The Morgan fingerprint density at radius 1 is 0.388 bits per heavy atom. The van der Waals surface area contributed by atoms with E-state index >= 15 is 0 Å². The van der Waals surface area contributed by atoms with Crippen molar-refractivity contribution in [3.05, 3.63) is 231 Å². The number of anilines is 16. The third-order valence-electron chi connectivity index (χ3n) is 19.8. The summed E-state index contributed by atoms with van der Waals surface area (Å²) in [6.07, 6.45) is -4.70. The van der Waals surface area contributed by atoms with Gasteiger partial charge in [-0.25, -0.2) is 45.2 Å². The van der Waals surface area contributed by atoms with Gasteiger partial charge in [0.05, 0.1) is 96.7 Å². The Kier molecular flexibility index (Phi) is 34.7. The Labute approximate surface area is 789 Å². The lowest BCUT2D eigenvalue weighted by Gasteiger charge is -2.18. The van der Waals surface area contributed by atoms with Gasteiger partial charge in [0.1, 0.15) is 78.9 Å². The SMILES string of the molecule is CCc1cc(P(C)(C)=O)ccc1Nc1ncc(Cl)c(Nc2ccccc2S(=O)(=O)C(C)C)n1.COc1cc(P(C)(C)=O)ccc1Nc1ncc(C(F)(F)F)c(Nc2ccc(Cl)cc2C#N)n1.COc1cc(P(C)(C)=O)ccc1Nc1ncc(C(F)(F)F)c(Nc2ccccc2S(=O)(=O)C(C)C)n1.Cc1cc(P(C)(C)=O)ccc1Nc1ncc(Cl)c(Nc2ccccc2S(=O)(=O)C(C)C)n1. The van der Waals surface area contributed by atoms with Gasteiger partial charge >= 0.3 is 12.4 Å². The van der Waals surface area contributed by atoms with E-state index in [1.807, 2.05) is 56.3 Å². The van der Waals surface area contributed by atoms with Gasteiger partial charge in [0.15, 0.2) is 41.1 Å². The molecule has 12 rings (SSSR count). The monoisotopic (exact) mass is 2040 g/mol. The Balaban J connectivity index is 0.000000201. The molecule has 12 aromatic rings. The number of sulfone groups is 3. The number of alkyl halides is 6. The highest BCUT2D eigenvalue weighted by Crippen LogP contribution is 2.45. The van der Waals surface area contributed by atoms with Crippen molar-refractivity contribution in [1.29, 1.82) is 5.26 Å². The number of ether oxygens (including phenoxy) is 2. The smallest absolute Gasteiger partial charge is 0.421 e. The fourth-order valence-electron chi connectivity index (χ4n) is 12.1. The van der Waals surface area contributed by atoms with E-state index in [-0.39, 0.29) is 76.2 Å². The first-order valence-electron chi connectivity index (χ1n) is 40.5. The molecule has 29 nitrogen and oxygen atoms in total. The van der Waals surface area contributed by atoms with Crippen molar-refractivity contribution in [3.63, 3.8) is 0 Å². The number of benzene rings is 8. The fourth-order valence-corrected chi connectivity index (χ4v) is 19.7. The van der Waals surface area contributed by atoms with Gasteiger partial charge in [0, 0.05) is 50.0 Å². The number of methoxy groups -OCH3 is 2. The zero-order chi connectivity index (χ0) is 99.3. The summed E-state index contributed by atoms with van der Waals surface area (Å²) in [5.41, 5.74) is 2.71. The summed E-state index contributed by atoms with van der Waals surface area (Å²) in [6, 6.07) is 45.7. The molecule has 0 spiro atoms. The number of aryl methyl sites for hydroxylation is 2. The largest absolute Gasteiger partial charge is 0.495 e. The normalized spacial score (nSPS) is 12.1. The third-order valence-corrected chi connectivity index (χ3v) is 33.3. The Morgan fingerprint density at radius 2 is 0.687 bits per heavy atom. The highest BCUT2D eigenvalue weighted by Gasteiger charge is 2.38. The van der Waals surface area contributed by atoms with Crippen molar-refractivity contribution in [3.8, 4) is 17.6 Å². The lowest BCUT2D eigenvalue weighted by Crippen LogP contribution is -2.17. The molecule has 0 unspecified atom stereocenters. The number of nitriles is 1. The number of halogens is 9. The van der Waals surface area contributed by atoms with E-state index in [9.17, 15) is 75.1 Å². The van der Waals surface area contributed by atoms with E-state index < -0.39 is 109 Å². The van der Waals surface area contributed by atoms with E-state index in [0.717, 1.165) is 39.5 Å². The van der Waals surface area contributed by atoms with Gasteiger partial charge in [-0.05, 0) is 247 Å². The molecule has 8 aromatic carbocycles. The van der Waals surface area contributed by atoms with Crippen LogP contribution in [0.5, 0.6) is 11.5 Å². The van der Waals surface area contributed by atoms with Crippen LogP contribution in [0.25, 0.3) is 0 Å². The van der Waals surface area contributed by atoms with Gasteiger partial charge in [-0.3, -0.25) is 0 Å². The van der Waals surface area contributed by atoms with Gasteiger partial charge in [-0.1, -0.05) is 78.1 Å². The molecule has 0 saturated heterocycles. The van der Waals surface area contributed by atoms with E-state index in [0.29, 0.717) is 63.2 Å². The van der Waals surface area contributed by atoms with E-state index in [4.69, 9.17) is 44.3 Å². The number of aromatic nitrogens is 8. The van der Waals surface area contributed by atoms with Gasteiger partial charge in [0.25, 0.3) is 0 Å². The summed E-state index contributed by atoms with van der Waals surface area (Å²) in [7, 11) is -17.9. The molecule has 4 aromatic heterocycles. The third kappa shape index (κ3) is 27.6. The molecule has 4 heterocycles. The number of hydrogen-bond donors (Lipinski definition) is 8. The summed E-state index contributed by atoms with van der Waals surface area (Å²) in [5.74, 6) is 0.213. The van der Waals surface area contributed by atoms with Gasteiger partial charge < -0.3 is 70.3 Å². The molecule has 0 fully saturated rings. The second-order valence-corrected chi connectivity index (χ2v) is 53.7. The topological polar surface area (TPSA) is 412 Å². The molecule has 45 heteroatoms. The zero-order valence-electron chi connectivity index (χ0n) is 75.7.